The Morgan fingerprint density at radius 1 is 1.53 bits per heavy atom. The van der Waals surface area contributed by atoms with E-state index in [2.05, 4.69) is 0 Å². The molecule has 1 unspecified atom stereocenters. The van der Waals surface area contributed by atoms with E-state index in [1.807, 2.05) is 39.0 Å². The molecule has 2 atom stereocenters. The second-order valence-corrected chi connectivity index (χ2v) is 4.95. The van der Waals surface area contributed by atoms with Crippen LogP contribution in [-0.4, -0.2) is 23.9 Å². The van der Waals surface area contributed by atoms with E-state index >= 15 is 0 Å². The summed E-state index contributed by atoms with van der Waals surface area (Å²) in [6.07, 6.45) is 0.104. The van der Waals surface area contributed by atoms with Crippen molar-refractivity contribution in [2.24, 2.45) is 0 Å². The van der Waals surface area contributed by atoms with Gasteiger partial charge in [-0.2, -0.15) is 0 Å². The number of aryl methyl sites for hydroxylation is 1. The fourth-order valence-corrected chi connectivity index (χ4v) is 2.25. The van der Waals surface area contributed by atoms with E-state index in [9.17, 15) is 5.11 Å². The molecule has 1 aliphatic rings. The van der Waals surface area contributed by atoms with Crippen LogP contribution >= 0.6 is 0 Å². The number of benzene rings is 1. The van der Waals surface area contributed by atoms with Crippen LogP contribution in [0.1, 0.15) is 37.5 Å². The van der Waals surface area contributed by atoms with Crippen LogP contribution in [0, 0.1) is 6.92 Å². The van der Waals surface area contributed by atoms with Crippen molar-refractivity contribution < 1.29 is 14.6 Å². The molecular formula is C14H20O3. The maximum Gasteiger partial charge on any atom is 0.132 e. The minimum atomic E-state index is -0.468. The van der Waals surface area contributed by atoms with Gasteiger partial charge < -0.3 is 14.6 Å². The highest BCUT2D eigenvalue weighted by Crippen LogP contribution is 2.39. The monoisotopic (exact) mass is 236 g/mol. The smallest absolute Gasteiger partial charge is 0.132 e. The normalized spacial score (nSPS) is 27.4. The summed E-state index contributed by atoms with van der Waals surface area (Å²) in [5.74, 6) is 0.775. The van der Waals surface area contributed by atoms with Gasteiger partial charge in [0.25, 0.3) is 0 Å². The first-order valence-electron chi connectivity index (χ1n) is 6.09. The van der Waals surface area contributed by atoms with E-state index < -0.39 is 11.7 Å². The molecular weight excluding hydrogens is 216 g/mol. The van der Waals surface area contributed by atoms with Crippen LogP contribution in [0.15, 0.2) is 18.2 Å². The molecule has 1 aromatic carbocycles. The molecule has 0 amide bonds. The standard InChI is InChI=1S/C14H20O3/c1-4-16-9-14(3)8-12(15)11-7-10(2)5-6-13(11)17-14/h5-7,12,15H,4,8-9H2,1-3H3/t12-,14?/m0/s1. The summed E-state index contributed by atoms with van der Waals surface area (Å²) < 4.78 is 11.4. The predicted octanol–water partition coefficient (Wildman–Crippen LogP) is 2.61. The fraction of sp³-hybridized carbons (Fsp3) is 0.571. The lowest BCUT2D eigenvalue weighted by molar-refractivity contribution is -0.0575. The minimum Gasteiger partial charge on any atom is -0.485 e. The van der Waals surface area contributed by atoms with Gasteiger partial charge in [0.2, 0.25) is 0 Å². The van der Waals surface area contributed by atoms with Crippen molar-refractivity contribution in [3.8, 4) is 5.75 Å². The minimum absolute atomic E-state index is 0.433. The van der Waals surface area contributed by atoms with Crippen molar-refractivity contribution in [1.82, 2.24) is 0 Å². The highest BCUT2D eigenvalue weighted by Gasteiger charge is 2.36. The second-order valence-electron chi connectivity index (χ2n) is 4.95. The van der Waals surface area contributed by atoms with Gasteiger partial charge in [-0.1, -0.05) is 11.6 Å². The Bertz CT molecular complexity index is 402. The topological polar surface area (TPSA) is 38.7 Å². The molecule has 0 radical (unpaired) electrons. The summed E-state index contributed by atoms with van der Waals surface area (Å²) in [5, 5.41) is 10.2. The molecule has 3 nitrogen and oxygen atoms in total. The lowest BCUT2D eigenvalue weighted by Gasteiger charge is -2.38. The van der Waals surface area contributed by atoms with Crippen molar-refractivity contribution in [3.05, 3.63) is 29.3 Å². The molecule has 0 spiro atoms. The van der Waals surface area contributed by atoms with Gasteiger partial charge in [0.05, 0.1) is 12.7 Å². The molecule has 1 N–H and O–H groups in total. The number of fused-ring (bicyclic) bond motifs is 1. The van der Waals surface area contributed by atoms with Crippen LogP contribution in [0.4, 0.5) is 0 Å². The summed E-state index contributed by atoms with van der Waals surface area (Å²) in [7, 11) is 0. The van der Waals surface area contributed by atoms with Crippen LogP contribution in [0.2, 0.25) is 0 Å². The lowest BCUT2D eigenvalue weighted by Crippen LogP contribution is -2.42. The van der Waals surface area contributed by atoms with Crippen molar-refractivity contribution in [2.75, 3.05) is 13.2 Å². The van der Waals surface area contributed by atoms with Gasteiger partial charge in [0.15, 0.2) is 0 Å². The quantitative estimate of drug-likeness (QED) is 0.876. The Morgan fingerprint density at radius 3 is 3.00 bits per heavy atom. The summed E-state index contributed by atoms with van der Waals surface area (Å²) >= 11 is 0. The van der Waals surface area contributed by atoms with Crippen LogP contribution < -0.4 is 4.74 Å². The molecule has 0 aliphatic carbocycles. The zero-order chi connectivity index (χ0) is 12.5. The SMILES string of the molecule is CCOCC1(C)C[C@H](O)c2cc(C)ccc2O1. The van der Waals surface area contributed by atoms with Gasteiger partial charge in [-0.25, -0.2) is 0 Å². The molecule has 0 aromatic heterocycles. The third-order valence-electron chi connectivity index (χ3n) is 3.12. The Kier molecular flexibility index (Phi) is 3.40. The summed E-state index contributed by atoms with van der Waals surface area (Å²) in [4.78, 5) is 0. The Balaban J connectivity index is 2.23. The van der Waals surface area contributed by atoms with E-state index in [1.165, 1.54) is 0 Å². The van der Waals surface area contributed by atoms with E-state index in [1.54, 1.807) is 0 Å². The third kappa shape index (κ3) is 2.61. The summed E-state index contributed by atoms with van der Waals surface area (Å²) in [6.45, 7) is 7.12. The highest BCUT2D eigenvalue weighted by atomic mass is 16.5. The Hall–Kier alpha value is -1.06. The first kappa shape index (κ1) is 12.4. The van der Waals surface area contributed by atoms with Crippen molar-refractivity contribution in [3.63, 3.8) is 0 Å². The number of rotatable bonds is 3. The number of ether oxygens (including phenoxy) is 2. The highest BCUT2D eigenvalue weighted by molar-refractivity contribution is 5.40. The van der Waals surface area contributed by atoms with E-state index in [0.717, 1.165) is 16.9 Å². The molecule has 1 aliphatic heterocycles. The zero-order valence-electron chi connectivity index (χ0n) is 10.7. The average Bonchev–Trinajstić information content (AvgIpc) is 2.28. The van der Waals surface area contributed by atoms with Crippen LogP contribution in [-0.2, 0) is 4.74 Å². The predicted molar refractivity (Wildman–Crippen MR) is 66.3 cm³/mol. The van der Waals surface area contributed by atoms with E-state index in [-0.39, 0.29) is 0 Å². The zero-order valence-corrected chi connectivity index (χ0v) is 10.7. The first-order chi connectivity index (χ1) is 8.04. The molecule has 94 valence electrons. The molecule has 17 heavy (non-hydrogen) atoms. The van der Waals surface area contributed by atoms with Crippen LogP contribution in [0.5, 0.6) is 5.75 Å². The Labute approximate surface area is 102 Å². The largest absolute Gasteiger partial charge is 0.485 e. The number of aliphatic hydroxyl groups excluding tert-OH is 1. The molecule has 0 bridgehead atoms. The number of aliphatic hydroxyl groups is 1. The molecule has 1 heterocycles. The van der Waals surface area contributed by atoms with Gasteiger partial charge in [-0.15, -0.1) is 0 Å². The average molecular weight is 236 g/mol. The van der Waals surface area contributed by atoms with Crippen LogP contribution in [0.25, 0.3) is 0 Å². The third-order valence-corrected chi connectivity index (χ3v) is 3.12. The molecule has 0 fully saturated rings. The van der Waals surface area contributed by atoms with E-state index in [0.29, 0.717) is 19.6 Å². The van der Waals surface area contributed by atoms with Gasteiger partial charge in [-0.05, 0) is 32.9 Å². The van der Waals surface area contributed by atoms with Gasteiger partial charge >= 0.3 is 0 Å². The van der Waals surface area contributed by atoms with Gasteiger partial charge in [-0.3, -0.25) is 0 Å². The summed E-state index contributed by atoms with van der Waals surface area (Å²) in [5.41, 5.74) is 1.59. The van der Waals surface area contributed by atoms with Gasteiger partial charge in [0, 0.05) is 18.6 Å². The number of hydrogen-bond acceptors (Lipinski definition) is 3. The first-order valence-corrected chi connectivity index (χ1v) is 6.09. The fourth-order valence-electron chi connectivity index (χ4n) is 2.25. The molecule has 0 saturated heterocycles. The van der Waals surface area contributed by atoms with Crippen molar-refractivity contribution in [2.45, 2.75) is 38.9 Å². The number of hydrogen-bond donors (Lipinski definition) is 1. The molecule has 1 aromatic rings. The molecule has 3 heteroatoms. The molecule has 0 saturated carbocycles. The maximum atomic E-state index is 10.2. The van der Waals surface area contributed by atoms with Crippen LogP contribution in [0.3, 0.4) is 0 Å². The Morgan fingerprint density at radius 2 is 2.29 bits per heavy atom. The maximum absolute atomic E-state index is 10.2. The molecule has 2 rings (SSSR count). The van der Waals surface area contributed by atoms with Gasteiger partial charge in [0.1, 0.15) is 11.4 Å². The summed E-state index contributed by atoms with van der Waals surface area (Å²) in [6, 6.07) is 5.91. The van der Waals surface area contributed by atoms with E-state index in [4.69, 9.17) is 9.47 Å². The second kappa shape index (κ2) is 4.67. The lowest BCUT2D eigenvalue weighted by atomic mass is 9.90. The van der Waals surface area contributed by atoms with Crippen molar-refractivity contribution in [1.29, 1.82) is 0 Å². The van der Waals surface area contributed by atoms with Crippen molar-refractivity contribution >= 4 is 0 Å².